The zero-order valence-corrected chi connectivity index (χ0v) is 18.3. The third-order valence-corrected chi connectivity index (χ3v) is 4.68. The third kappa shape index (κ3) is 7.30. The van der Waals surface area contributed by atoms with Gasteiger partial charge in [0, 0.05) is 22.5 Å². The Morgan fingerprint density at radius 3 is 2.34 bits per heavy atom. The Morgan fingerprint density at radius 1 is 1.10 bits per heavy atom. The van der Waals surface area contributed by atoms with E-state index in [1.54, 1.807) is 29.6 Å². The molecule has 8 heteroatoms. The minimum atomic E-state index is -0.331. The molecule has 2 N–H and O–H groups in total. The lowest BCUT2D eigenvalue weighted by atomic mass is 10.1. The molecule has 1 heterocycles. The second kappa shape index (κ2) is 9.65. The van der Waals surface area contributed by atoms with Crippen molar-refractivity contribution < 1.29 is 14.4 Å². The predicted octanol–water partition coefficient (Wildman–Crippen LogP) is 3.09. The number of carbonyl (C=O) groups excluding carboxylic acids is 3. The van der Waals surface area contributed by atoms with Gasteiger partial charge in [0.2, 0.25) is 11.8 Å². The van der Waals surface area contributed by atoms with E-state index in [0.717, 1.165) is 0 Å². The minimum Gasteiger partial charge on any atom is -0.351 e. The monoisotopic (exact) mass is 416 g/mol. The first-order valence-corrected chi connectivity index (χ1v) is 10.3. The fourth-order valence-corrected chi connectivity index (χ4v) is 3.35. The number of carbonyl (C=O) groups is 3. The Labute approximate surface area is 175 Å². The fraction of sp³-hybridized carbons (Fsp3) is 0.429. The number of rotatable bonds is 7. The van der Waals surface area contributed by atoms with Gasteiger partial charge in [-0.3, -0.25) is 14.4 Å². The molecule has 0 unspecified atom stereocenters. The third-order valence-electron chi connectivity index (χ3n) is 3.87. The van der Waals surface area contributed by atoms with Crippen LogP contribution in [0.25, 0.3) is 0 Å². The van der Waals surface area contributed by atoms with Gasteiger partial charge >= 0.3 is 0 Å². The van der Waals surface area contributed by atoms with Crippen molar-refractivity contribution in [3.05, 3.63) is 47.0 Å². The summed E-state index contributed by atoms with van der Waals surface area (Å²) in [6, 6.07) is 8.74. The second-order valence-electron chi connectivity index (χ2n) is 8.06. The van der Waals surface area contributed by atoms with E-state index >= 15 is 0 Å². The maximum atomic E-state index is 12.7. The molecular weight excluding hydrogens is 388 g/mol. The number of thiazole rings is 1. The van der Waals surface area contributed by atoms with E-state index in [-0.39, 0.29) is 42.3 Å². The number of hydrogen-bond acceptors (Lipinski definition) is 5. The van der Waals surface area contributed by atoms with Gasteiger partial charge < -0.3 is 15.5 Å². The first-order chi connectivity index (χ1) is 13.5. The molecule has 0 radical (unpaired) electrons. The number of amides is 3. The van der Waals surface area contributed by atoms with Crippen molar-refractivity contribution in [2.24, 2.45) is 0 Å². The van der Waals surface area contributed by atoms with Gasteiger partial charge in [0.05, 0.1) is 12.1 Å². The lowest BCUT2D eigenvalue weighted by molar-refractivity contribution is -0.122. The normalized spacial score (nSPS) is 11.2. The summed E-state index contributed by atoms with van der Waals surface area (Å²) in [5.74, 6) is -0.655. The van der Waals surface area contributed by atoms with Crippen molar-refractivity contribution in [2.75, 3.05) is 11.9 Å². The molecule has 0 aliphatic carbocycles. The summed E-state index contributed by atoms with van der Waals surface area (Å²) < 4.78 is 0. The zero-order chi connectivity index (χ0) is 21.6. The van der Waals surface area contributed by atoms with E-state index < -0.39 is 0 Å². The zero-order valence-electron chi connectivity index (χ0n) is 17.5. The number of aromatic nitrogens is 1. The molecule has 29 heavy (non-hydrogen) atoms. The van der Waals surface area contributed by atoms with Crippen molar-refractivity contribution >= 4 is 34.2 Å². The molecule has 156 valence electrons. The highest BCUT2D eigenvalue weighted by Crippen LogP contribution is 2.17. The molecule has 0 saturated heterocycles. The molecule has 0 aliphatic rings. The molecule has 7 nitrogen and oxygen atoms in total. The smallest absolute Gasteiger partial charge is 0.254 e. The lowest BCUT2D eigenvalue weighted by Crippen LogP contribution is -2.42. The maximum Gasteiger partial charge on any atom is 0.254 e. The van der Waals surface area contributed by atoms with Crippen LogP contribution in [0, 0.1) is 0 Å². The van der Waals surface area contributed by atoms with E-state index in [2.05, 4.69) is 15.6 Å². The predicted molar refractivity (Wildman–Crippen MR) is 115 cm³/mol. The average molecular weight is 417 g/mol. The van der Waals surface area contributed by atoms with Gasteiger partial charge in [0.25, 0.3) is 5.91 Å². The summed E-state index contributed by atoms with van der Waals surface area (Å²) in [7, 11) is 0. The second-order valence-corrected chi connectivity index (χ2v) is 8.92. The van der Waals surface area contributed by atoms with Crippen molar-refractivity contribution in [3.63, 3.8) is 0 Å². The molecule has 2 rings (SSSR count). The number of hydrogen-bond donors (Lipinski definition) is 2. The molecule has 1 aromatic carbocycles. The van der Waals surface area contributed by atoms with Crippen LogP contribution in [0.4, 0.5) is 5.13 Å². The largest absolute Gasteiger partial charge is 0.351 e. The molecule has 0 fully saturated rings. The number of benzene rings is 1. The van der Waals surface area contributed by atoms with Crippen LogP contribution in [0.2, 0.25) is 0 Å². The Morgan fingerprint density at radius 2 is 1.76 bits per heavy atom. The van der Waals surface area contributed by atoms with E-state index in [0.29, 0.717) is 16.4 Å². The van der Waals surface area contributed by atoms with Crippen LogP contribution in [0.3, 0.4) is 0 Å². The van der Waals surface area contributed by atoms with Crippen LogP contribution in [0.15, 0.2) is 35.7 Å². The Kier molecular flexibility index (Phi) is 7.50. The highest BCUT2D eigenvalue weighted by Gasteiger charge is 2.22. The summed E-state index contributed by atoms with van der Waals surface area (Å²) in [5, 5.41) is 7.75. The van der Waals surface area contributed by atoms with Crippen LogP contribution in [0.1, 0.15) is 50.7 Å². The van der Waals surface area contributed by atoms with Crippen LogP contribution < -0.4 is 10.6 Å². The fourth-order valence-electron chi connectivity index (χ4n) is 2.62. The summed E-state index contributed by atoms with van der Waals surface area (Å²) in [6.07, 6.45) is 0.147. The van der Waals surface area contributed by atoms with Gasteiger partial charge in [-0.15, -0.1) is 11.3 Å². The van der Waals surface area contributed by atoms with Gasteiger partial charge in [-0.1, -0.05) is 18.2 Å². The number of anilines is 1. The molecule has 2 aromatic rings. The number of nitrogens with one attached hydrogen (secondary N) is 2. The van der Waals surface area contributed by atoms with E-state index in [1.807, 2.05) is 40.7 Å². The first kappa shape index (κ1) is 22.5. The highest BCUT2D eigenvalue weighted by atomic mass is 32.1. The highest BCUT2D eigenvalue weighted by molar-refractivity contribution is 7.13. The van der Waals surface area contributed by atoms with Gasteiger partial charge in [-0.05, 0) is 46.8 Å². The van der Waals surface area contributed by atoms with E-state index in [4.69, 9.17) is 0 Å². The Hall–Kier alpha value is -2.74. The topological polar surface area (TPSA) is 91.4 Å². The first-order valence-electron chi connectivity index (χ1n) is 9.46. The van der Waals surface area contributed by atoms with E-state index in [9.17, 15) is 14.4 Å². The maximum absolute atomic E-state index is 12.7. The Bertz CT molecular complexity index is 856. The SMILES string of the molecule is CC(C)N(CC(=O)Nc1nc(CC(=O)NC(C)(C)C)cs1)C(=O)c1ccccc1. The van der Waals surface area contributed by atoms with Crippen molar-refractivity contribution in [1.29, 1.82) is 0 Å². The van der Waals surface area contributed by atoms with Crippen LogP contribution in [0.5, 0.6) is 0 Å². The van der Waals surface area contributed by atoms with Crippen LogP contribution >= 0.6 is 11.3 Å². The van der Waals surface area contributed by atoms with Gasteiger partial charge in [0.1, 0.15) is 6.54 Å². The van der Waals surface area contributed by atoms with Crippen LogP contribution in [-0.4, -0.2) is 45.7 Å². The number of nitrogens with zero attached hydrogens (tertiary/aromatic N) is 2. The summed E-state index contributed by atoms with van der Waals surface area (Å²) >= 11 is 1.25. The molecule has 0 aliphatic heterocycles. The lowest BCUT2D eigenvalue weighted by Gasteiger charge is -2.26. The van der Waals surface area contributed by atoms with Gasteiger partial charge in [-0.2, -0.15) is 0 Å². The molecule has 0 saturated carbocycles. The van der Waals surface area contributed by atoms with Gasteiger partial charge in [0.15, 0.2) is 5.13 Å². The average Bonchev–Trinajstić information content (AvgIpc) is 3.04. The molecule has 1 aromatic heterocycles. The minimum absolute atomic E-state index is 0.0786. The van der Waals surface area contributed by atoms with Gasteiger partial charge in [-0.25, -0.2) is 4.98 Å². The standard InChI is InChI=1S/C21H28N4O3S/c1-14(2)25(19(28)15-9-7-6-8-10-15)12-18(27)23-20-22-16(13-29-20)11-17(26)24-21(3,4)5/h6-10,13-14H,11-12H2,1-5H3,(H,24,26)(H,22,23,27). The quantitative estimate of drug-likeness (QED) is 0.726. The van der Waals surface area contributed by atoms with E-state index in [1.165, 1.54) is 16.2 Å². The molecular formula is C21H28N4O3S. The molecule has 0 atom stereocenters. The summed E-state index contributed by atoms with van der Waals surface area (Å²) in [5.41, 5.74) is 0.818. The summed E-state index contributed by atoms with van der Waals surface area (Å²) in [6.45, 7) is 9.39. The van der Waals surface area contributed by atoms with Crippen molar-refractivity contribution in [1.82, 2.24) is 15.2 Å². The van der Waals surface area contributed by atoms with Crippen molar-refractivity contribution in [3.8, 4) is 0 Å². The molecule has 0 bridgehead atoms. The Balaban J connectivity index is 1.96. The molecule has 0 spiro atoms. The van der Waals surface area contributed by atoms with Crippen molar-refractivity contribution in [2.45, 2.75) is 52.6 Å². The summed E-state index contributed by atoms with van der Waals surface area (Å²) in [4.78, 5) is 43.0. The van der Waals surface area contributed by atoms with Crippen LogP contribution in [-0.2, 0) is 16.0 Å². The molecule has 3 amide bonds.